The van der Waals surface area contributed by atoms with E-state index in [4.69, 9.17) is 11.6 Å². The fourth-order valence-electron chi connectivity index (χ4n) is 6.47. The Morgan fingerprint density at radius 1 is 1.08 bits per heavy atom. The van der Waals surface area contributed by atoms with E-state index in [0.29, 0.717) is 41.2 Å². The quantitative estimate of drug-likeness (QED) is 0.162. The number of nitrogens with zero attached hydrogens (tertiary/aromatic N) is 1. The van der Waals surface area contributed by atoms with Crippen molar-refractivity contribution in [3.8, 4) is 0 Å². The first-order valence-corrected chi connectivity index (χ1v) is 13.8. The van der Waals surface area contributed by atoms with Gasteiger partial charge >= 0.3 is 0 Å². The molecule has 0 aromatic carbocycles. The van der Waals surface area contributed by atoms with Crippen LogP contribution in [0.3, 0.4) is 0 Å². The molecule has 0 spiro atoms. The summed E-state index contributed by atoms with van der Waals surface area (Å²) in [7, 11) is 0. The lowest BCUT2D eigenvalue weighted by molar-refractivity contribution is 0.0595. The van der Waals surface area contributed by atoms with Crippen molar-refractivity contribution in [2.24, 2.45) is 29.1 Å². The second kappa shape index (κ2) is 19.7. The highest BCUT2D eigenvalue weighted by Gasteiger charge is 2.38. The summed E-state index contributed by atoms with van der Waals surface area (Å²) in [5.41, 5.74) is 2.01. The minimum atomic E-state index is 0. The average molecular weight is 556 g/mol. The van der Waals surface area contributed by atoms with Crippen molar-refractivity contribution in [1.29, 1.82) is 0 Å². The number of allylic oxidation sites excluding steroid dienone is 2. The molecule has 0 amide bonds. The molecule has 4 unspecified atom stereocenters. The van der Waals surface area contributed by atoms with E-state index in [2.05, 4.69) is 49.3 Å². The van der Waals surface area contributed by atoms with Crippen LogP contribution in [0.2, 0.25) is 0 Å². The van der Waals surface area contributed by atoms with Gasteiger partial charge in [0.15, 0.2) is 0 Å². The molecule has 11 N–H and O–H groups in total. The molecule has 0 radical (unpaired) electrons. The molecule has 9 heteroatoms. The number of aliphatic hydroxyl groups excluding tert-OH is 1. The van der Waals surface area contributed by atoms with E-state index in [9.17, 15) is 5.11 Å². The highest BCUT2D eigenvalue weighted by Crippen LogP contribution is 2.43. The molecular formula is C28H62ClN3O5. The summed E-state index contributed by atoms with van der Waals surface area (Å²) in [5, 5.41) is 17.3. The van der Waals surface area contributed by atoms with E-state index in [-0.39, 0.29) is 29.3 Å². The van der Waals surface area contributed by atoms with Crippen LogP contribution in [0.4, 0.5) is 0 Å². The van der Waals surface area contributed by atoms with Crippen molar-refractivity contribution in [3.05, 3.63) is 11.6 Å². The van der Waals surface area contributed by atoms with Gasteiger partial charge in [0.25, 0.3) is 0 Å². The Kier molecular flexibility index (Phi) is 22.0. The third-order valence-electron chi connectivity index (χ3n) is 8.47. The van der Waals surface area contributed by atoms with Crippen molar-refractivity contribution >= 4 is 11.6 Å². The Morgan fingerprint density at radius 2 is 1.76 bits per heavy atom. The number of nitrogens with one attached hydrogen (secondary N) is 2. The zero-order valence-corrected chi connectivity index (χ0v) is 24.0. The predicted octanol–water partition coefficient (Wildman–Crippen LogP) is 2.35. The van der Waals surface area contributed by atoms with Crippen LogP contribution in [-0.4, -0.2) is 82.8 Å². The van der Waals surface area contributed by atoms with Gasteiger partial charge < -0.3 is 42.5 Å². The summed E-state index contributed by atoms with van der Waals surface area (Å²) < 4.78 is 0. The maximum Gasteiger partial charge on any atom is 0.0459 e. The van der Waals surface area contributed by atoms with Crippen molar-refractivity contribution in [2.45, 2.75) is 97.9 Å². The van der Waals surface area contributed by atoms with E-state index in [0.717, 1.165) is 38.5 Å². The Morgan fingerprint density at radius 3 is 2.32 bits per heavy atom. The lowest BCUT2D eigenvalue weighted by atomic mass is 9.68. The molecule has 2 aliphatic carbocycles. The summed E-state index contributed by atoms with van der Waals surface area (Å²) >= 11 is 6.34. The summed E-state index contributed by atoms with van der Waals surface area (Å²) in [5.74, 6) is 2.59. The second-order valence-corrected chi connectivity index (χ2v) is 12.6. The molecule has 8 nitrogen and oxygen atoms in total. The topological polar surface area (TPSA) is 174 Å². The Balaban J connectivity index is -0.00000231. The molecule has 0 bridgehead atoms. The molecule has 1 saturated heterocycles. The minimum Gasteiger partial charge on any atom is -0.412 e. The number of halogens is 1. The van der Waals surface area contributed by atoms with Gasteiger partial charge in [-0.05, 0) is 87.1 Å². The summed E-state index contributed by atoms with van der Waals surface area (Å²) in [6, 6.07) is 0.511. The molecule has 1 heterocycles. The number of rotatable bonds is 10. The largest absolute Gasteiger partial charge is 0.412 e. The molecule has 1 saturated carbocycles. The van der Waals surface area contributed by atoms with Crippen molar-refractivity contribution in [2.75, 3.05) is 39.5 Å². The van der Waals surface area contributed by atoms with Crippen LogP contribution in [0.5, 0.6) is 0 Å². The van der Waals surface area contributed by atoms with Gasteiger partial charge in [0.2, 0.25) is 0 Å². The fraction of sp³-hybridized carbons (Fsp3) is 0.929. The van der Waals surface area contributed by atoms with Gasteiger partial charge in [-0.15, -0.1) is 11.6 Å². The first kappa shape index (κ1) is 41.2. The molecular weight excluding hydrogens is 494 g/mol. The number of aliphatic hydroxyl groups is 1. The predicted molar refractivity (Wildman–Crippen MR) is 158 cm³/mol. The Bertz CT molecular complexity index is 608. The van der Waals surface area contributed by atoms with Crippen LogP contribution < -0.4 is 10.6 Å². The van der Waals surface area contributed by atoms with E-state index in [1.807, 2.05) is 0 Å². The fourth-order valence-corrected chi connectivity index (χ4v) is 6.67. The van der Waals surface area contributed by atoms with Crippen molar-refractivity contribution in [3.63, 3.8) is 0 Å². The third-order valence-corrected chi connectivity index (χ3v) is 8.87. The first-order valence-electron chi connectivity index (χ1n) is 13.4. The lowest BCUT2D eigenvalue weighted by Crippen LogP contribution is -2.53. The van der Waals surface area contributed by atoms with E-state index in [1.54, 1.807) is 5.57 Å². The summed E-state index contributed by atoms with van der Waals surface area (Å²) in [4.78, 5) is 2.70. The highest BCUT2D eigenvalue weighted by atomic mass is 35.5. The smallest absolute Gasteiger partial charge is 0.0459 e. The van der Waals surface area contributed by atoms with Crippen molar-refractivity contribution in [1.82, 2.24) is 15.5 Å². The van der Waals surface area contributed by atoms with E-state index in [1.165, 1.54) is 51.6 Å². The monoisotopic (exact) mass is 555 g/mol. The van der Waals surface area contributed by atoms with Crippen LogP contribution in [-0.2, 0) is 0 Å². The standard InChI is InChI=1S/C27H50ClN3O.CH4.4H2O/c1-20(2)26(30-19-29-15-21-6-5-7-22(14-21)17-32)16-31-13-12-25(27(3,4)18-31)23-8-10-24(28)11-9-23;;;;;/h8,20-22,24-26,29-30,32H,5-7,9-19H2,1-4H3;1H4;4*1H2/t21?,22?,24?,25?,26-;;;;;/m0...../s1. The zero-order chi connectivity index (χ0) is 23.1. The van der Waals surface area contributed by atoms with Crippen molar-refractivity contribution < 1.29 is 27.0 Å². The minimum absolute atomic E-state index is 0. The van der Waals surface area contributed by atoms with Gasteiger partial charge in [0.05, 0.1) is 0 Å². The van der Waals surface area contributed by atoms with Gasteiger partial charge in [0.1, 0.15) is 0 Å². The molecule has 3 rings (SSSR count). The van der Waals surface area contributed by atoms with Crippen LogP contribution in [0, 0.1) is 29.1 Å². The number of hydrogen-bond donors (Lipinski definition) is 3. The number of likely N-dealkylation sites (tertiary alicyclic amines) is 1. The molecule has 1 aliphatic heterocycles. The molecule has 0 aromatic rings. The molecule has 3 aliphatic rings. The van der Waals surface area contributed by atoms with E-state index >= 15 is 0 Å². The van der Waals surface area contributed by atoms with Gasteiger partial charge in [-0.2, -0.15) is 0 Å². The number of piperidine rings is 1. The molecule has 5 atom stereocenters. The molecule has 2 fully saturated rings. The van der Waals surface area contributed by atoms with E-state index < -0.39 is 0 Å². The normalized spacial score (nSPS) is 28.2. The Labute approximate surface area is 232 Å². The average Bonchev–Trinajstić information content (AvgIpc) is 2.76. The number of hydrogen-bond acceptors (Lipinski definition) is 4. The van der Waals surface area contributed by atoms with Gasteiger partial charge in [-0.1, -0.05) is 53.2 Å². The lowest BCUT2D eigenvalue weighted by Gasteiger charge is -2.47. The van der Waals surface area contributed by atoms with Crippen LogP contribution in [0.15, 0.2) is 11.6 Å². The molecule has 226 valence electrons. The molecule has 0 aromatic heterocycles. The first-order chi connectivity index (χ1) is 15.3. The number of alkyl halides is 1. The van der Waals surface area contributed by atoms with Gasteiger partial charge in [0, 0.05) is 37.8 Å². The SMILES string of the molecule is C.CC(C)[C@H](CN1CCC(C2=CCC(Cl)CC2)C(C)(C)C1)NCNCC1CCCC(CO)C1.O.O.O.O. The van der Waals surface area contributed by atoms with Gasteiger partial charge in [-0.25, -0.2) is 0 Å². The third kappa shape index (κ3) is 12.6. The zero-order valence-electron chi connectivity index (χ0n) is 23.2. The highest BCUT2D eigenvalue weighted by molar-refractivity contribution is 6.20. The van der Waals surface area contributed by atoms with Crippen LogP contribution in [0.25, 0.3) is 0 Å². The maximum atomic E-state index is 9.46. The summed E-state index contributed by atoms with van der Waals surface area (Å²) in [6.07, 6.45) is 12.1. The Hall–Kier alpha value is -0.290. The summed E-state index contributed by atoms with van der Waals surface area (Å²) in [6.45, 7) is 15.5. The second-order valence-electron chi connectivity index (χ2n) is 12.0. The molecule has 37 heavy (non-hydrogen) atoms. The van der Waals surface area contributed by atoms with Crippen LogP contribution >= 0.6 is 11.6 Å². The van der Waals surface area contributed by atoms with Crippen LogP contribution in [0.1, 0.15) is 86.5 Å². The van der Waals surface area contributed by atoms with Gasteiger partial charge in [-0.3, -0.25) is 0 Å². The maximum absolute atomic E-state index is 9.46.